The van der Waals surface area contributed by atoms with E-state index in [0.717, 1.165) is 0 Å². The van der Waals surface area contributed by atoms with Crippen molar-refractivity contribution >= 4 is 18.3 Å². The van der Waals surface area contributed by atoms with Gasteiger partial charge in [-0.2, -0.15) is 0 Å². The molecule has 4 nitrogen and oxygen atoms in total. The second kappa shape index (κ2) is 7.89. The number of hydrogen-bond donors (Lipinski definition) is 2. The first-order valence-electron chi connectivity index (χ1n) is 5.40. The van der Waals surface area contributed by atoms with Crippen molar-refractivity contribution in [1.82, 2.24) is 5.32 Å². The fourth-order valence-electron chi connectivity index (χ4n) is 1.25. The first-order valence-corrected chi connectivity index (χ1v) is 5.40. The van der Waals surface area contributed by atoms with Crippen molar-refractivity contribution in [3.05, 3.63) is 29.6 Å². The molecule has 3 N–H and O–H groups in total. The van der Waals surface area contributed by atoms with Crippen molar-refractivity contribution in [2.75, 3.05) is 20.2 Å². The number of amides is 1. The van der Waals surface area contributed by atoms with E-state index < -0.39 is 11.7 Å². The molecule has 102 valence electrons. The van der Waals surface area contributed by atoms with Crippen LogP contribution in [0.2, 0.25) is 0 Å². The second-order valence-corrected chi connectivity index (χ2v) is 3.90. The largest absolute Gasteiger partial charge is 0.497 e. The molecule has 0 bridgehead atoms. The fourth-order valence-corrected chi connectivity index (χ4v) is 1.25. The molecule has 0 saturated carbocycles. The maximum absolute atomic E-state index is 13.5. The lowest BCUT2D eigenvalue weighted by atomic mass is 10.1. The normalized spacial score (nSPS) is 11.3. The second-order valence-electron chi connectivity index (χ2n) is 3.90. The average Bonchev–Trinajstić information content (AvgIpc) is 2.35. The topological polar surface area (TPSA) is 64.3 Å². The molecule has 0 radical (unpaired) electrons. The van der Waals surface area contributed by atoms with E-state index >= 15 is 0 Å². The maximum atomic E-state index is 13.5. The third-order valence-electron chi connectivity index (χ3n) is 2.43. The third-order valence-corrected chi connectivity index (χ3v) is 2.43. The first kappa shape index (κ1) is 16.7. The van der Waals surface area contributed by atoms with Gasteiger partial charge in [0.25, 0.3) is 5.91 Å². The minimum atomic E-state index is -0.595. The zero-order valence-corrected chi connectivity index (χ0v) is 11.2. The molecule has 1 aromatic rings. The molecule has 1 amide bonds. The molecule has 0 aliphatic carbocycles. The van der Waals surface area contributed by atoms with Crippen LogP contribution in [0.3, 0.4) is 0 Å². The summed E-state index contributed by atoms with van der Waals surface area (Å²) in [6.07, 6.45) is 0. The van der Waals surface area contributed by atoms with Crippen molar-refractivity contribution in [2.24, 2.45) is 11.7 Å². The van der Waals surface area contributed by atoms with Gasteiger partial charge in [0.15, 0.2) is 0 Å². The summed E-state index contributed by atoms with van der Waals surface area (Å²) in [5.74, 6) is -0.484. The fraction of sp³-hybridized carbons (Fsp3) is 0.417. The molecular formula is C12H18ClFN2O2. The zero-order valence-electron chi connectivity index (χ0n) is 10.4. The molecule has 0 saturated heterocycles. The summed E-state index contributed by atoms with van der Waals surface area (Å²) in [4.78, 5) is 11.7. The standard InChI is InChI=1S/C12H17FN2O2.ClH/c1-8(6-14)7-15-12(16)10-4-3-9(17-2)5-11(10)13;/h3-5,8H,6-7,14H2,1-2H3,(H,15,16);1H. The summed E-state index contributed by atoms with van der Waals surface area (Å²) in [7, 11) is 1.44. The monoisotopic (exact) mass is 276 g/mol. The first-order chi connectivity index (χ1) is 8.08. The Morgan fingerprint density at radius 3 is 2.72 bits per heavy atom. The van der Waals surface area contributed by atoms with Crippen LogP contribution in [0, 0.1) is 11.7 Å². The molecule has 1 unspecified atom stereocenters. The minimum absolute atomic E-state index is 0. The summed E-state index contributed by atoms with van der Waals surface area (Å²) < 4.78 is 18.4. The van der Waals surface area contributed by atoms with E-state index in [-0.39, 0.29) is 23.9 Å². The lowest BCUT2D eigenvalue weighted by Gasteiger charge is -2.10. The number of hydrogen-bond acceptors (Lipinski definition) is 3. The summed E-state index contributed by atoms with van der Waals surface area (Å²) in [6, 6.07) is 4.13. The van der Waals surface area contributed by atoms with Crippen LogP contribution in [0.5, 0.6) is 5.75 Å². The summed E-state index contributed by atoms with van der Waals surface area (Å²) in [5, 5.41) is 2.63. The molecule has 0 aliphatic heterocycles. The van der Waals surface area contributed by atoms with Gasteiger partial charge in [0.2, 0.25) is 0 Å². The Hall–Kier alpha value is -1.33. The van der Waals surface area contributed by atoms with E-state index in [9.17, 15) is 9.18 Å². The number of benzene rings is 1. The molecular weight excluding hydrogens is 259 g/mol. The summed E-state index contributed by atoms with van der Waals surface area (Å²) in [6.45, 7) is 2.82. The van der Waals surface area contributed by atoms with Gasteiger partial charge in [-0.15, -0.1) is 12.4 Å². The highest BCUT2D eigenvalue weighted by Crippen LogP contribution is 2.16. The van der Waals surface area contributed by atoms with E-state index in [4.69, 9.17) is 10.5 Å². The molecule has 1 aromatic carbocycles. The molecule has 0 aromatic heterocycles. The Morgan fingerprint density at radius 2 is 2.22 bits per heavy atom. The van der Waals surface area contributed by atoms with E-state index in [1.807, 2.05) is 6.92 Å². The Morgan fingerprint density at radius 1 is 1.56 bits per heavy atom. The lowest BCUT2D eigenvalue weighted by molar-refractivity contribution is 0.0944. The number of carbonyl (C=O) groups is 1. The van der Waals surface area contributed by atoms with Crippen molar-refractivity contribution in [2.45, 2.75) is 6.92 Å². The zero-order chi connectivity index (χ0) is 12.8. The van der Waals surface area contributed by atoms with Crippen LogP contribution in [0.4, 0.5) is 4.39 Å². The molecule has 0 heterocycles. The van der Waals surface area contributed by atoms with Gasteiger partial charge in [-0.25, -0.2) is 4.39 Å². The highest BCUT2D eigenvalue weighted by atomic mass is 35.5. The van der Waals surface area contributed by atoms with Gasteiger partial charge in [0, 0.05) is 12.6 Å². The number of ether oxygens (including phenoxy) is 1. The molecule has 18 heavy (non-hydrogen) atoms. The van der Waals surface area contributed by atoms with Gasteiger partial charge < -0.3 is 15.8 Å². The van der Waals surface area contributed by atoms with Crippen LogP contribution >= 0.6 is 12.4 Å². The van der Waals surface area contributed by atoms with Gasteiger partial charge in [0.1, 0.15) is 11.6 Å². The molecule has 1 atom stereocenters. The van der Waals surface area contributed by atoms with Gasteiger partial charge in [0.05, 0.1) is 12.7 Å². The Balaban J connectivity index is 0.00000289. The van der Waals surface area contributed by atoms with Crippen molar-refractivity contribution in [1.29, 1.82) is 0 Å². The Bertz CT molecular complexity index is 402. The predicted molar refractivity (Wildman–Crippen MR) is 70.8 cm³/mol. The predicted octanol–water partition coefficient (Wildman–Crippen LogP) is 1.58. The van der Waals surface area contributed by atoms with Gasteiger partial charge in [-0.1, -0.05) is 6.92 Å². The number of rotatable bonds is 5. The molecule has 0 fully saturated rings. The van der Waals surface area contributed by atoms with Crippen molar-refractivity contribution in [3.63, 3.8) is 0 Å². The summed E-state index contributed by atoms with van der Waals surface area (Å²) in [5.41, 5.74) is 5.43. The Labute approximate surface area is 112 Å². The van der Waals surface area contributed by atoms with Crippen LogP contribution < -0.4 is 15.8 Å². The highest BCUT2D eigenvalue weighted by Gasteiger charge is 2.12. The van der Waals surface area contributed by atoms with Crippen LogP contribution in [-0.4, -0.2) is 26.1 Å². The number of nitrogens with two attached hydrogens (primary N) is 1. The third kappa shape index (κ3) is 4.50. The Kier molecular flexibility index (Phi) is 7.31. The van der Waals surface area contributed by atoms with E-state index in [1.54, 1.807) is 6.07 Å². The number of methoxy groups -OCH3 is 1. The smallest absolute Gasteiger partial charge is 0.254 e. The highest BCUT2D eigenvalue weighted by molar-refractivity contribution is 5.94. The number of halogens is 2. The van der Waals surface area contributed by atoms with E-state index in [1.165, 1.54) is 19.2 Å². The maximum Gasteiger partial charge on any atom is 0.254 e. The average molecular weight is 277 g/mol. The van der Waals surface area contributed by atoms with Gasteiger partial charge in [-0.05, 0) is 24.6 Å². The lowest BCUT2D eigenvalue weighted by Crippen LogP contribution is -2.31. The van der Waals surface area contributed by atoms with E-state index in [2.05, 4.69) is 5.32 Å². The molecule has 0 aliphatic rings. The van der Waals surface area contributed by atoms with Crippen LogP contribution in [-0.2, 0) is 0 Å². The van der Waals surface area contributed by atoms with Crippen molar-refractivity contribution < 1.29 is 13.9 Å². The number of carbonyl (C=O) groups excluding carboxylic acids is 1. The number of nitrogens with one attached hydrogen (secondary N) is 1. The van der Waals surface area contributed by atoms with Crippen LogP contribution in [0.15, 0.2) is 18.2 Å². The molecule has 6 heteroatoms. The van der Waals surface area contributed by atoms with Crippen LogP contribution in [0.1, 0.15) is 17.3 Å². The van der Waals surface area contributed by atoms with Gasteiger partial charge in [-0.3, -0.25) is 4.79 Å². The molecule has 0 spiro atoms. The SMILES string of the molecule is COc1ccc(C(=O)NCC(C)CN)c(F)c1.Cl. The molecule has 1 rings (SSSR count). The minimum Gasteiger partial charge on any atom is -0.497 e. The van der Waals surface area contributed by atoms with Crippen molar-refractivity contribution in [3.8, 4) is 5.75 Å². The van der Waals surface area contributed by atoms with Gasteiger partial charge >= 0.3 is 0 Å². The van der Waals surface area contributed by atoms with E-state index in [0.29, 0.717) is 18.8 Å². The quantitative estimate of drug-likeness (QED) is 0.858. The summed E-state index contributed by atoms with van der Waals surface area (Å²) >= 11 is 0. The van der Waals surface area contributed by atoms with Crippen LogP contribution in [0.25, 0.3) is 0 Å².